The van der Waals surface area contributed by atoms with Crippen molar-refractivity contribution in [1.82, 2.24) is 9.80 Å². The Kier molecular flexibility index (Phi) is 9.64. The molecule has 2 aliphatic rings. The van der Waals surface area contributed by atoms with Crippen molar-refractivity contribution in [3.8, 4) is 0 Å². The zero-order valence-electron chi connectivity index (χ0n) is 15.4. The van der Waals surface area contributed by atoms with Crippen molar-refractivity contribution in [2.24, 2.45) is 0 Å². The van der Waals surface area contributed by atoms with Crippen LogP contribution in [0.5, 0.6) is 0 Å². The molecule has 2 nitrogen and oxygen atoms in total. The molecule has 0 saturated carbocycles. The summed E-state index contributed by atoms with van der Waals surface area (Å²) < 4.78 is 0. The molecule has 2 aromatic carbocycles. The second-order valence-electron chi connectivity index (χ2n) is 7.18. The summed E-state index contributed by atoms with van der Waals surface area (Å²) in [5.41, 5.74) is 2.98. The zero-order chi connectivity index (χ0) is 16.5. The fraction of sp³-hybridized carbons (Fsp3) is 0.545. The molecule has 2 fully saturated rings. The molecule has 2 aromatic rings. The first kappa shape index (κ1) is 20.5. The van der Waals surface area contributed by atoms with Gasteiger partial charge in [-0.15, -0.1) is 0 Å². The summed E-state index contributed by atoms with van der Waals surface area (Å²) in [4.78, 5) is 5.12. The quantitative estimate of drug-likeness (QED) is 0.702. The molecule has 0 unspecified atom stereocenters. The van der Waals surface area contributed by atoms with Crippen molar-refractivity contribution in [3.05, 3.63) is 59.7 Å². The Morgan fingerprint density at radius 1 is 0.720 bits per heavy atom. The van der Waals surface area contributed by atoms with Crippen LogP contribution in [0.25, 0.3) is 0 Å². The Balaban J connectivity index is 0.000000173. The fourth-order valence-corrected chi connectivity index (χ4v) is 3.75. The Bertz CT molecular complexity index is 470. The van der Waals surface area contributed by atoms with Gasteiger partial charge >= 0.3 is 0 Å². The Morgan fingerprint density at radius 2 is 1.20 bits per heavy atom. The Morgan fingerprint density at radius 3 is 1.72 bits per heavy atom. The van der Waals surface area contributed by atoms with Crippen LogP contribution in [0.3, 0.4) is 0 Å². The van der Waals surface area contributed by atoms with Crippen molar-refractivity contribution in [3.63, 3.8) is 0 Å². The van der Waals surface area contributed by atoms with Crippen LogP contribution in [0.15, 0.2) is 48.5 Å². The monoisotopic (exact) mass is 375 g/mol. The average Bonchev–Trinajstić information content (AvgIpc) is 3.43. The van der Waals surface area contributed by atoms with E-state index in [1.54, 1.807) is 0 Å². The van der Waals surface area contributed by atoms with Crippen LogP contribution >= 0.6 is 0 Å². The average molecular weight is 375 g/mol. The smallest absolute Gasteiger partial charge is 0 e. The third-order valence-electron chi connectivity index (χ3n) is 5.29. The van der Waals surface area contributed by atoms with Crippen LogP contribution in [-0.4, -0.2) is 49.1 Å². The molecule has 0 N–H and O–H groups in total. The predicted molar refractivity (Wildman–Crippen MR) is 103 cm³/mol. The van der Waals surface area contributed by atoms with E-state index < -0.39 is 0 Å². The molecule has 3 heteroatoms. The maximum absolute atomic E-state index is 2.56. The van der Waals surface area contributed by atoms with Crippen LogP contribution in [0.4, 0.5) is 0 Å². The van der Waals surface area contributed by atoms with Gasteiger partial charge in [0.2, 0.25) is 0 Å². The predicted octanol–water partition coefficient (Wildman–Crippen LogP) is 4.09. The third kappa shape index (κ3) is 7.54. The van der Waals surface area contributed by atoms with Crippen molar-refractivity contribution >= 4 is 0 Å². The number of rotatable bonds is 6. The molecule has 141 valence electrons. The van der Waals surface area contributed by atoms with E-state index in [4.69, 9.17) is 0 Å². The van der Waals surface area contributed by atoms with E-state index >= 15 is 0 Å². The first-order valence-corrected chi connectivity index (χ1v) is 9.76. The first-order valence-electron chi connectivity index (χ1n) is 9.76. The molecule has 4 rings (SSSR count). The number of nitrogens with zero attached hydrogens (tertiary/aromatic N) is 2. The minimum absolute atomic E-state index is 0. The third-order valence-corrected chi connectivity index (χ3v) is 5.29. The first-order chi connectivity index (χ1) is 11.9. The summed E-state index contributed by atoms with van der Waals surface area (Å²) in [5, 5.41) is 0. The molecule has 0 bridgehead atoms. The van der Waals surface area contributed by atoms with Gasteiger partial charge in [-0.3, -0.25) is 0 Å². The van der Waals surface area contributed by atoms with Gasteiger partial charge in [-0.05, 0) is 65.0 Å². The molecule has 25 heavy (non-hydrogen) atoms. The van der Waals surface area contributed by atoms with Gasteiger partial charge in [-0.2, -0.15) is 17.7 Å². The molecule has 0 aromatic heterocycles. The van der Waals surface area contributed by atoms with E-state index in [0.717, 1.165) is 0 Å². The van der Waals surface area contributed by atoms with Crippen LogP contribution in [-0.2, 0) is 31.4 Å². The Hall–Kier alpha value is -0.796. The van der Waals surface area contributed by atoms with Gasteiger partial charge in [0.25, 0.3) is 0 Å². The number of hydrogen-bond donors (Lipinski definition) is 0. The summed E-state index contributed by atoms with van der Waals surface area (Å²) in [5.74, 6) is 0. The number of likely N-dealkylation sites (tertiary alicyclic amines) is 2. The maximum atomic E-state index is 2.56. The van der Waals surface area contributed by atoms with Crippen LogP contribution in [0, 0.1) is 0 Å². The summed E-state index contributed by atoms with van der Waals surface area (Å²) in [6.07, 6.45) is 8.07. The van der Waals surface area contributed by atoms with E-state index in [0.29, 0.717) is 0 Å². The topological polar surface area (TPSA) is 6.48 Å². The summed E-state index contributed by atoms with van der Waals surface area (Å²) in [6.45, 7) is 7.79. The maximum Gasteiger partial charge on any atom is 0 e. The van der Waals surface area contributed by atoms with Crippen molar-refractivity contribution in [2.75, 3.05) is 39.3 Å². The van der Waals surface area contributed by atoms with Gasteiger partial charge in [0.15, 0.2) is 0 Å². The molecule has 0 spiro atoms. The molecule has 0 amide bonds. The van der Waals surface area contributed by atoms with E-state index in [1.807, 2.05) is 0 Å². The van der Waals surface area contributed by atoms with Gasteiger partial charge in [0.05, 0.1) is 0 Å². The molecule has 2 saturated heterocycles. The summed E-state index contributed by atoms with van der Waals surface area (Å²) >= 11 is 0. The second-order valence-corrected chi connectivity index (χ2v) is 7.18. The number of hydrogen-bond acceptors (Lipinski definition) is 2. The molecule has 2 heterocycles. The standard InChI is InChI=1S/2C11H16N.V/c2*1-2-6-11(5-1)7-10-12-8-3-4-9-12;/h2*1-2,5-6H,3-4,7-10H2;/q-5;-1;. The van der Waals surface area contributed by atoms with Gasteiger partial charge in [-0.1, -0.05) is 6.42 Å². The van der Waals surface area contributed by atoms with E-state index in [-0.39, 0.29) is 18.6 Å². The molecular formula is C22H32N2V-6. The van der Waals surface area contributed by atoms with Gasteiger partial charge < -0.3 is 39.6 Å². The van der Waals surface area contributed by atoms with Crippen LogP contribution < -0.4 is 0 Å². The van der Waals surface area contributed by atoms with Gasteiger partial charge in [0, 0.05) is 18.6 Å². The molecule has 0 atom stereocenters. The van der Waals surface area contributed by atoms with Crippen molar-refractivity contribution in [1.29, 1.82) is 0 Å². The Labute approximate surface area is 165 Å². The zero-order valence-corrected chi connectivity index (χ0v) is 16.8. The minimum atomic E-state index is 0. The van der Waals surface area contributed by atoms with Crippen molar-refractivity contribution in [2.45, 2.75) is 38.5 Å². The van der Waals surface area contributed by atoms with E-state index in [9.17, 15) is 0 Å². The van der Waals surface area contributed by atoms with Gasteiger partial charge in [-0.25, -0.2) is 18.6 Å². The minimum Gasteiger partial charge on any atom is -0.748 e. The molecular weight excluding hydrogens is 343 g/mol. The van der Waals surface area contributed by atoms with Crippen LogP contribution in [0.2, 0.25) is 0 Å². The fourth-order valence-electron chi connectivity index (χ4n) is 3.75. The van der Waals surface area contributed by atoms with E-state index in [1.165, 1.54) is 88.9 Å². The van der Waals surface area contributed by atoms with Crippen molar-refractivity contribution < 1.29 is 18.6 Å². The largest absolute Gasteiger partial charge is 0.748 e. The molecule has 1 radical (unpaired) electrons. The van der Waals surface area contributed by atoms with Gasteiger partial charge in [0.1, 0.15) is 0 Å². The van der Waals surface area contributed by atoms with E-state index in [2.05, 4.69) is 58.3 Å². The summed E-state index contributed by atoms with van der Waals surface area (Å²) in [7, 11) is 0. The normalized spacial score (nSPS) is 17.9. The SMILES string of the molecule is [V].[cH-]1[cH-][cH-][c-](CCN2CCCC2)[cH-]1.c1cc[c-](CCN2CCCC2)c1. The molecule has 0 aliphatic carbocycles. The molecule has 2 aliphatic heterocycles. The van der Waals surface area contributed by atoms with Crippen LogP contribution in [0.1, 0.15) is 36.8 Å². The second kappa shape index (κ2) is 11.7. The summed E-state index contributed by atoms with van der Waals surface area (Å²) in [6, 6.07) is 17.4.